The van der Waals surface area contributed by atoms with Gasteiger partial charge in [-0.15, -0.1) is 0 Å². The van der Waals surface area contributed by atoms with E-state index in [1.54, 1.807) is 19.2 Å². The van der Waals surface area contributed by atoms with Gasteiger partial charge in [-0.3, -0.25) is 4.79 Å². The van der Waals surface area contributed by atoms with Gasteiger partial charge in [0.15, 0.2) is 6.29 Å². The molecule has 1 fully saturated rings. The Bertz CT molecular complexity index is 665. The number of phenols is 1. The van der Waals surface area contributed by atoms with Crippen LogP contribution in [0.15, 0.2) is 41.8 Å². The summed E-state index contributed by atoms with van der Waals surface area (Å²) < 4.78 is 11.2. The van der Waals surface area contributed by atoms with Crippen LogP contribution < -0.4 is 4.74 Å². The van der Waals surface area contributed by atoms with Crippen LogP contribution in [-0.4, -0.2) is 42.6 Å². The van der Waals surface area contributed by atoms with Crippen LogP contribution >= 0.6 is 0 Å². The molecular formula is C19H23NO4. The molecule has 1 saturated heterocycles. The van der Waals surface area contributed by atoms with Gasteiger partial charge < -0.3 is 19.5 Å². The molecule has 1 aliphatic heterocycles. The molecule has 5 heteroatoms. The number of rotatable bonds is 6. The molecule has 0 unspecified atom stereocenters. The predicted octanol–water partition coefficient (Wildman–Crippen LogP) is 3.26. The molecule has 3 rings (SSSR count). The highest BCUT2D eigenvalue weighted by molar-refractivity contribution is 5.83. The minimum absolute atomic E-state index is 0.0457. The summed E-state index contributed by atoms with van der Waals surface area (Å²) >= 11 is 0. The lowest BCUT2D eigenvalue weighted by atomic mass is 10.1. The fraction of sp³-hybridized carbons (Fsp3) is 0.421. The van der Waals surface area contributed by atoms with Gasteiger partial charge in [0.1, 0.15) is 23.9 Å². The van der Waals surface area contributed by atoms with Gasteiger partial charge in [-0.1, -0.05) is 6.07 Å². The van der Waals surface area contributed by atoms with Crippen molar-refractivity contribution in [2.75, 3.05) is 20.3 Å². The third kappa shape index (κ3) is 3.40. The Morgan fingerprint density at radius 3 is 3.08 bits per heavy atom. The molecule has 0 radical (unpaired) electrons. The van der Waals surface area contributed by atoms with Gasteiger partial charge in [-0.05, 0) is 50.0 Å². The number of ether oxygens (including phenoxy) is 2. The van der Waals surface area contributed by atoms with Crippen LogP contribution in [0.3, 0.4) is 0 Å². The first-order valence-electron chi connectivity index (χ1n) is 8.34. The average molecular weight is 329 g/mol. The van der Waals surface area contributed by atoms with Crippen molar-refractivity contribution in [1.82, 2.24) is 4.90 Å². The maximum absolute atomic E-state index is 11.1. The van der Waals surface area contributed by atoms with Gasteiger partial charge in [-0.25, -0.2) is 0 Å². The molecule has 1 atom stereocenters. The summed E-state index contributed by atoms with van der Waals surface area (Å²) in [6.45, 7) is 1.51. The molecule has 1 aliphatic carbocycles. The summed E-state index contributed by atoms with van der Waals surface area (Å²) in [6.07, 6.45) is 9.02. The SMILES string of the molecule is COC1=CCCC(N2CCC[C@H]2COc2cccc(O)c2C=O)=C1. The van der Waals surface area contributed by atoms with Gasteiger partial charge in [0.25, 0.3) is 0 Å². The number of aromatic hydroxyl groups is 1. The third-order valence-corrected chi connectivity index (χ3v) is 4.63. The van der Waals surface area contributed by atoms with Crippen molar-refractivity contribution in [1.29, 1.82) is 0 Å². The largest absolute Gasteiger partial charge is 0.507 e. The van der Waals surface area contributed by atoms with E-state index >= 15 is 0 Å². The monoisotopic (exact) mass is 329 g/mol. The van der Waals surface area contributed by atoms with Crippen molar-refractivity contribution in [3.63, 3.8) is 0 Å². The van der Waals surface area contributed by atoms with Crippen LogP contribution in [0.2, 0.25) is 0 Å². The number of allylic oxidation sites excluding steroid dienone is 3. The first-order valence-corrected chi connectivity index (χ1v) is 8.34. The summed E-state index contributed by atoms with van der Waals surface area (Å²) in [6, 6.07) is 5.16. The summed E-state index contributed by atoms with van der Waals surface area (Å²) in [5.74, 6) is 1.31. The number of carbonyl (C=O) groups is 1. The van der Waals surface area contributed by atoms with Gasteiger partial charge in [0, 0.05) is 12.2 Å². The molecule has 1 aromatic carbocycles. The minimum Gasteiger partial charge on any atom is -0.507 e. The number of hydrogen-bond acceptors (Lipinski definition) is 5. The van der Waals surface area contributed by atoms with Crippen molar-refractivity contribution in [2.24, 2.45) is 0 Å². The lowest BCUT2D eigenvalue weighted by Crippen LogP contribution is -2.34. The van der Waals surface area contributed by atoms with E-state index in [2.05, 4.69) is 17.1 Å². The topological polar surface area (TPSA) is 59.0 Å². The van der Waals surface area contributed by atoms with Crippen molar-refractivity contribution in [2.45, 2.75) is 31.7 Å². The summed E-state index contributed by atoms with van der Waals surface area (Å²) in [5.41, 5.74) is 1.50. The average Bonchev–Trinajstić information content (AvgIpc) is 3.08. The Balaban J connectivity index is 1.69. The summed E-state index contributed by atoms with van der Waals surface area (Å²) in [5, 5.41) is 9.74. The van der Waals surface area contributed by atoms with Gasteiger partial charge in [-0.2, -0.15) is 0 Å². The van der Waals surface area contributed by atoms with E-state index in [-0.39, 0.29) is 17.4 Å². The number of aldehydes is 1. The Morgan fingerprint density at radius 1 is 1.42 bits per heavy atom. The van der Waals surface area contributed by atoms with Gasteiger partial charge in [0.2, 0.25) is 0 Å². The maximum atomic E-state index is 11.1. The van der Waals surface area contributed by atoms with Crippen LogP contribution in [-0.2, 0) is 4.74 Å². The van der Waals surface area contributed by atoms with E-state index < -0.39 is 0 Å². The highest BCUT2D eigenvalue weighted by Gasteiger charge is 2.28. The van der Waals surface area contributed by atoms with E-state index in [0.717, 1.165) is 38.0 Å². The molecule has 5 nitrogen and oxygen atoms in total. The zero-order valence-corrected chi connectivity index (χ0v) is 13.9. The molecule has 1 N–H and O–H groups in total. The maximum Gasteiger partial charge on any atom is 0.157 e. The normalized spacial score (nSPS) is 20.4. The Morgan fingerprint density at radius 2 is 2.29 bits per heavy atom. The molecule has 0 spiro atoms. The highest BCUT2D eigenvalue weighted by Crippen LogP contribution is 2.30. The molecule has 1 aromatic rings. The molecule has 0 bridgehead atoms. The third-order valence-electron chi connectivity index (χ3n) is 4.63. The Kier molecular flexibility index (Phi) is 5.08. The van der Waals surface area contributed by atoms with Crippen LogP contribution in [0.1, 0.15) is 36.0 Å². The van der Waals surface area contributed by atoms with Crippen molar-refractivity contribution in [3.05, 3.63) is 47.4 Å². The number of nitrogens with zero attached hydrogens (tertiary/aromatic N) is 1. The van der Waals surface area contributed by atoms with Crippen molar-refractivity contribution >= 4 is 6.29 Å². The first kappa shape index (κ1) is 16.4. The smallest absolute Gasteiger partial charge is 0.157 e. The molecule has 0 aromatic heterocycles. The Labute approximate surface area is 142 Å². The van der Waals surface area contributed by atoms with Crippen molar-refractivity contribution < 1.29 is 19.4 Å². The van der Waals surface area contributed by atoms with Crippen LogP contribution in [0, 0.1) is 0 Å². The lowest BCUT2D eigenvalue weighted by Gasteiger charge is -2.30. The lowest BCUT2D eigenvalue weighted by molar-refractivity contribution is 0.111. The van der Waals surface area contributed by atoms with E-state index in [1.165, 1.54) is 11.8 Å². The molecule has 0 amide bonds. The molecule has 1 heterocycles. The second-order valence-electron chi connectivity index (χ2n) is 6.09. The number of likely N-dealkylation sites (tertiary alicyclic amines) is 1. The zero-order chi connectivity index (χ0) is 16.9. The molecule has 24 heavy (non-hydrogen) atoms. The molecular weight excluding hydrogens is 306 g/mol. The second kappa shape index (κ2) is 7.43. The summed E-state index contributed by atoms with van der Waals surface area (Å²) in [4.78, 5) is 13.5. The first-order chi connectivity index (χ1) is 11.7. The van der Waals surface area contributed by atoms with E-state index in [4.69, 9.17) is 9.47 Å². The zero-order valence-electron chi connectivity index (χ0n) is 13.9. The highest BCUT2D eigenvalue weighted by atomic mass is 16.5. The summed E-state index contributed by atoms with van der Waals surface area (Å²) in [7, 11) is 1.69. The second-order valence-corrected chi connectivity index (χ2v) is 6.09. The minimum atomic E-state index is -0.0457. The van der Waals surface area contributed by atoms with E-state index in [0.29, 0.717) is 18.6 Å². The van der Waals surface area contributed by atoms with Crippen molar-refractivity contribution in [3.8, 4) is 11.5 Å². The standard InChI is InChI=1S/C19H23NO4/c1-23-16-7-2-5-14(11-16)20-10-4-6-15(20)13-24-19-9-3-8-18(22)17(19)12-21/h3,7-9,11-12,15,22H,2,4-6,10,13H2,1H3/t15-/m0/s1. The number of benzene rings is 1. The number of hydrogen-bond donors (Lipinski definition) is 1. The molecule has 128 valence electrons. The Hall–Kier alpha value is -2.43. The van der Waals surface area contributed by atoms with Gasteiger partial charge >= 0.3 is 0 Å². The fourth-order valence-electron chi connectivity index (χ4n) is 3.38. The molecule has 0 saturated carbocycles. The quantitative estimate of drug-likeness (QED) is 0.812. The van der Waals surface area contributed by atoms with Crippen LogP contribution in [0.4, 0.5) is 0 Å². The number of phenolic OH excluding ortho intramolecular Hbond substituents is 1. The van der Waals surface area contributed by atoms with Gasteiger partial charge in [0.05, 0.1) is 18.7 Å². The number of carbonyl (C=O) groups excluding carboxylic acids is 1. The van der Waals surface area contributed by atoms with Crippen LogP contribution in [0.25, 0.3) is 0 Å². The number of methoxy groups -OCH3 is 1. The fourth-order valence-corrected chi connectivity index (χ4v) is 3.38. The molecule has 2 aliphatic rings. The van der Waals surface area contributed by atoms with E-state index in [9.17, 15) is 9.90 Å². The predicted molar refractivity (Wildman–Crippen MR) is 91.1 cm³/mol. The van der Waals surface area contributed by atoms with E-state index in [1.807, 2.05) is 0 Å². The van der Waals surface area contributed by atoms with Crippen LogP contribution in [0.5, 0.6) is 11.5 Å².